The van der Waals surface area contributed by atoms with Crippen LogP contribution in [0.25, 0.3) is 0 Å². The van der Waals surface area contributed by atoms with E-state index in [1.807, 2.05) is 6.92 Å². The standard InChI is InChI=1S/C16H15FN2O2/c1-12-9-18-16(21)19(10-12)11-14-6-13(4-2-3-5-20)7-15(17)8-14/h6-10,20H,3,5,11H2,1H3. The van der Waals surface area contributed by atoms with Crippen LogP contribution in [0.4, 0.5) is 4.39 Å². The highest BCUT2D eigenvalue weighted by Crippen LogP contribution is 2.10. The van der Waals surface area contributed by atoms with Gasteiger partial charge in [-0.2, -0.15) is 0 Å². The second-order valence-corrected chi connectivity index (χ2v) is 4.67. The van der Waals surface area contributed by atoms with Crippen LogP contribution in [0.5, 0.6) is 0 Å². The quantitative estimate of drug-likeness (QED) is 0.869. The summed E-state index contributed by atoms with van der Waals surface area (Å²) < 4.78 is 15.0. The summed E-state index contributed by atoms with van der Waals surface area (Å²) >= 11 is 0. The molecule has 21 heavy (non-hydrogen) atoms. The predicted molar refractivity (Wildman–Crippen MR) is 77.3 cm³/mol. The molecule has 0 fully saturated rings. The van der Waals surface area contributed by atoms with Gasteiger partial charge in [-0.1, -0.05) is 11.8 Å². The van der Waals surface area contributed by atoms with Crippen LogP contribution in [0, 0.1) is 24.6 Å². The molecule has 108 valence electrons. The third-order valence-corrected chi connectivity index (χ3v) is 2.76. The summed E-state index contributed by atoms with van der Waals surface area (Å²) in [6, 6.07) is 4.42. The Morgan fingerprint density at radius 1 is 1.38 bits per heavy atom. The van der Waals surface area contributed by atoms with Crippen molar-refractivity contribution < 1.29 is 9.50 Å². The van der Waals surface area contributed by atoms with Crippen LogP contribution in [0.15, 0.2) is 35.4 Å². The van der Waals surface area contributed by atoms with Crippen molar-refractivity contribution in [3.05, 3.63) is 63.6 Å². The summed E-state index contributed by atoms with van der Waals surface area (Å²) in [5, 5.41) is 8.68. The maximum absolute atomic E-state index is 13.6. The SMILES string of the molecule is Cc1cnc(=O)n(Cc2cc(F)cc(C#CCCO)c2)c1. The number of aryl methyl sites for hydroxylation is 1. The molecule has 1 N–H and O–H groups in total. The third kappa shape index (κ3) is 4.26. The molecule has 0 amide bonds. The zero-order valence-electron chi connectivity index (χ0n) is 11.6. The summed E-state index contributed by atoms with van der Waals surface area (Å²) in [5.41, 5.74) is 1.64. The van der Waals surface area contributed by atoms with Crippen molar-refractivity contribution in [1.82, 2.24) is 9.55 Å². The molecule has 0 unspecified atom stereocenters. The summed E-state index contributed by atoms with van der Waals surface area (Å²) in [6.45, 7) is 2.04. The molecule has 2 aromatic rings. The predicted octanol–water partition coefficient (Wildman–Crippen LogP) is 1.47. The highest BCUT2D eigenvalue weighted by atomic mass is 19.1. The van der Waals surface area contributed by atoms with E-state index >= 15 is 0 Å². The molecular weight excluding hydrogens is 271 g/mol. The van der Waals surface area contributed by atoms with Gasteiger partial charge in [0.25, 0.3) is 0 Å². The highest BCUT2D eigenvalue weighted by molar-refractivity contribution is 5.37. The maximum Gasteiger partial charge on any atom is 0.347 e. The molecule has 0 spiro atoms. The molecule has 5 heteroatoms. The van der Waals surface area contributed by atoms with Crippen molar-refractivity contribution in [3.63, 3.8) is 0 Å². The molecule has 0 aliphatic carbocycles. The lowest BCUT2D eigenvalue weighted by Crippen LogP contribution is -2.22. The summed E-state index contributed by atoms with van der Waals surface area (Å²) in [6.07, 6.45) is 3.51. The number of aliphatic hydroxyl groups is 1. The van der Waals surface area contributed by atoms with E-state index in [9.17, 15) is 9.18 Å². The number of rotatable bonds is 3. The largest absolute Gasteiger partial charge is 0.395 e. The number of aliphatic hydroxyl groups excluding tert-OH is 1. The topological polar surface area (TPSA) is 55.1 Å². The molecule has 1 aromatic carbocycles. The van der Waals surface area contributed by atoms with E-state index in [0.717, 1.165) is 5.56 Å². The molecule has 0 saturated heterocycles. The zero-order valence-corrected chi connectivity index (χ0v) is 11.6. The van der Waals surface area contributed by atoms with Crippen molar-refractivity contribution >= 4 is 0 Å². The van der Waals surface area contributed by atoms with Crippen LogP contribution in [-0.2, 0) is 6.54 Å². The first kappa shape index (κ1) is 14.9. The molecule has 1 aromatic heterocycles. The van der Waals surface area contributed by atoms with E-state index in [-0.39, 0.29) is 18.8 Å². The van der Waals surface area contributed by atoms with Crippen LogP contribution in [0.1, 0.15) is 23.1 Å². The monoisotopic (exact) mass is 286 g/mol. The van der Waals surface area contributed by atoms with E-state index in [1.54, 1.807) is 12.3 Å². The van der Waals surface area contributed by atoms with Crippen LogP contribution in [0.2, 0.25) is 0 Å². The van der Waals surface area contributed by atoms with E-state index in [4.69, 9.17) is 5.11 Å². The molecule has 0 aliphatic heterocycles. The molecule has 0 radical (unpaired) electrons. The molecule has 1 heterocycles. The van der Waals surface area contributed by atoms with Gasteiger partial charge in [-0.3, -0.25) is 4.57 Å². The van der Waals surface area contributed by atoms with Gasteiger partial charge in [0.2, 0.25) is 0 Å². The molecule has 0 saturated carbocycles. The van der Waals surface area contributed by atoms with Gasteiger partial charge in [0.1, 0.15) is 5.82 Å². The van der Waals surface area contributed by atoms with Gasteiger partial charge in [-0.25, -0.2) is 14.2 Å². The Labute approximate surface area is 121 Å². The molecule has 4 nitrogen and oxygen atoms in total. The Balaban J connectivity index is 2.30. The fourth-order valence-electron chi connectivity index (χ4n) is 1.91. The summed E-state index contributed by atoms with van der Waals surface area (Å²) in [5.74, 6) is 5.12. The average molecular weight is 286 g/mol. The normalized spacial score (nSPS) is 10.0. The summed E-state index contributed by atoms with van der Waals surface area (Å²) in [4.78, 5) is 15.4. The second kappa shape index (κ2) is 6.82. The number of halogens is 1. The van der Waals surface area contributed by atoms with Gasteiger partial charge in [0, 0.05) is 24.4 Å². The molecule has 2 rings (SSSR count). The van der Waals surface area contributed by atoms with Crippen LogP contribution in [-0.4, -0.2) is 21.3 Å². The van der Waals surface area contributed by atoms with E-state index in [1.165, 1.54) is 22.9 Å². The van der Waals surface area contributed by atoms with Gasteiger partial charge in [-0.05, 0) is 36.2 Å². The van der Waals surface area contributed by atoms with E-state index < -0.39 is 5.82 Å². The van der Waals surface area contributed by atoms with Crippen LogP contribution in [0.3, 0.4) is 0 Å². The fourth-order valence-corrected chi connectivity index (χ4v) is 1.91. The average Bonchev–Trinajstić information content (AvgIpc) is 2.43. The van der Waals surface area contributed by atoms with Gasteiger partial charge in [0.05, 0.1) is 13.2 Å². The summed E-state index contributed by atoms with van der Waals surface area (Å²) in [7, 11) is 0. The molecule has 0 bridgehead atoms. The Morgan fingerprint density at radius 3 is 2.95 bits per heavy atom. The van der Waals surface area contributed by atoms with E-state index in [2.05, 4.69) is 16.8 Å². The van der Waals surface area contributed by atoms with Gasteiger partial charge in [-0.15, -0.1) is 0 Å². The fraction of sp³-hybridized carbons (Fsp3) is 0.250. The number of nitrogens with zero attached hydrogens (tertiary/aromatic N) is 2. The van der Waals surface area contributed by atoms with Crippen molar-refractivity contribution in [2.75, 3.05) is 6.61 Å². The molecule has 0 aliphatic rings. The Morgan fingerprint density at radius 2 is 2.19 bits per heavy atom. The number of benzene rings is 1. The Kier molecular flexibility index (Phi) is 4.85. The number of aromatic nitrogens is 2. The minimum Gasteiger partial charge on any atom is -0.395 e. The minimum atomic E-state index is -0.408. The molecule has 0 atom stereocenters. The van der Waals surface area contributed by atoms with Crippen molar-refractivity contribution in [1.29, 1.82) is 0 Å². The Bertz CT molecular complexity index is 757. The first-order valence-electron chi connectivity index (χ1n) is 6.51. The smallest absolute Gasteiger partial charge is 0.347 e. The second-order valence-electron chi connectivity index (χ2n) is 4.67. The van der Waals surface area contributed by atoms with E-state index in [0.29, 0.717) is 17.5 Å². The van der Waals surface area contributed by atoms with Crippen molar-refractivity contribution in [2.45, 2.75) is 19.9 Å². The Hall–Kier alpha value is -2.45. The van der Waals surface area contributed by atoms with Gasteiger partial charge in [0.15, 0.2) is 0 Å². The van der Waals surface area contributed by atoms with Crippen LogP contribution >= 0.6 is 0 Å². The first-order chi connectivity index (χ1) is 10.1. The van der Waals surface area contributed by atoms with Gasteiger partial charge < -0.3 is 5.11 Å². The maximum atomic E-state index is 13.6. The zero-order chi connectivity index (χ0) is 15.2. The third-order valence-electron chi connectivity index (χ3n) is 2.76. The lowest BCUT2D eigenvalue weighted by atomic mass is 10.1. The van der Waals surface area contributed by atoms with Crippen molar-refractivity contribution in [3.8, 4) is 11.8 Å². The first-order valence-corrected chi connectivity index (χ1v) is 6.51. The number of hydrogen-bond donors (Lipinski definition) is 1. The lowest BCUT2D eigenvalue weighted by molar-refractivity contribution is 0.305. The van der Waals surface area contributed by atoms with Gasteiger partial charge >= 0.3 is 5.69 Å². The molecular formula is C16H15FN2O2. The highest BCUT2D eigenvalue weighted by Gasteiger charge is 2.03. The van der Waals surface area contributed by atoms with Crippen molar-refractivity contribution in [2.24, 2.45) is 0 Å². The lowest BCUT2D eigenvalue weighted by Gasteiger charge is -2.06. The number of hydrogen-bond acceptors (Lipinski definition) is 3. The minimum absolute atomic E-state index is 0.0282. The van der Waals surface area contributed by atoms with Crippen LogP contribution < -0.4 is 5.69 Å².